The summed E-state index contributed by atoms with van der Waals surface area (Å²) in [5.41, 5.74) is 4.06. The topological polar surface area (TPSA) is 83.8 Å². The first kappa shape index (κ1) is 22.3. The molecule has 8 heteroatoms. The van der Waals surface area contributed by atoms with E-state index < -0.39 is 0 Å². The van der Waals surface area contributed by atoms with Gasteiger partial charge in [-0.2, -0.15) is 4.98 Å². The van der Waals surface area contributed by atoms with Gasteiger partial charge in [-0.3, -0.25) is 4.79 Å². The molecule has 4 rings (SSSR count). The minimum atomic E-state index is -0.0952. The minimum absolute atomic E-state index is 0.0952. The van der Waals surface area contributed by atoms with E-state index >= 15 is 0 Å². The molecule has 0 atom stereocenters. The summed E-state index contributed by atoms with van der Waals surface area (Å²) in [4.78, 5) is 19.3. The first-order valence-corrected chi connectivity index (χ1v) is 10.8. The van der Waals surface area contributed by atoms with Gasteiger partial charge in [-0.1, -0.05) is 18.2 Å². The highest BCUT2D eigenvalue weighted by Gasteiger charge is 2.11. The van der Waals surface area contributed by atoms with Gasteiger partial charge in [0.05, 0.1) is 7.11 Å². The lowest BCUT2D eigenvalue weighted by atomic mass is 10.1. The SMILES string of the molecule is COc1ccc(-c2cccn3nc(Nc4cccc(C(=O)NCCCN(C)C)c4)nc23)cc1. The summed E-state index contributed by atoms with van der Waals surface area (Å²) in [5.74, 6) is 1.16. The number of methoxy groups -OCH3 is 1. The molecule has 0 aliphatic carbocycles. The number of nitrogens with zero attached hydrogens (tertiary/aromatic N) is 4. The van der Waals surface area contributed by atoms with Crippen LogP contribution in [0.25, 0.3) is 16.8 Å². The smallest absolute Gasteiger partial charge is 0.251 e. The van der Waals surface area contributed by atoms with E-state index in [1.807, 2.05) is 68.8 Å². The van der Waals surface area contributed by atoms with E-state index in [2.05, 4.69) is 25.6 Å². The number of benzene rings is 2. The van der Waals surface area contributed by atoms with E-state index in [4.69, 9.17) is 4.74 Å². The molecule has 1 amide bonds. The van der Waals surface area contributed by atoms with Crippen LogP contribution in [0.1, 0.15) is 16.8 Å². The zero-order valence-corrected chi connectivity index (χ0v) is 19.1. The highest BCUT2D eigenvalue weighted by atomic mass is 16.5. The number of fused-ring (bicyclic) bond motifs is 1. The van der Waals surface area contributed by atoms with Gasteiger partial charge < -0.3 is 20.3 Å². The van der Waals surface area contributed by atoms with Crippen molar-refractivity contribution in [1.82, 2.24) is 24.8 Å². The number of pyridine rings is 1. The summed E-state index contributed by atoms with van der Waals surface area (Å²) >= 11 is 0. The highest BCUT2D eigenvalue weighted by molar-refractivity contribution is 5.95. The summed E-state index contributed by atoms with van der Waals surface area (Å²) in [6.07, 6.45) is 2.76. The third-order valence-corrected chi connectivity index (χ3v) is 5.21. The number of carbonyl (C=O) groups excluding carboxylic acids is 1. The fourth-order valence-corrected chi connectivity index (χ4v) is 3.52. The van der Waals surface area contributed by atoms with Gasteiger partial charge in [0.1, 0.15) is 5.75 Å². The second kappa shape index (κ2) is 10.1. The van der Waals surface area contributed by atoms with Crippen LogP contribution in [0.15, 0.2) is 66.9 Å². The Labute approximate surface area is 193 Å². The van der Waals surface area contributed by atoms with Gasteiger partial charge >= 0.3 is 0 Å². The maximum absolute atomic E-state index is 12.5. The van der Waals surface area contributed by atoms with Crippen molar-refractivity contribution in [3.8, 4) is 16.9 Å². The summed E-state index contributed by atoms with van der Waals surface area (Å²) < 4.78 is 6.99. The van der Waals surface area contributed by atoms with Gasteiger partial charge in [-0.05, 0) is 75.1 Å². The molecule has 2 heterocycles. The van der Waals surface area contributed by atoms with Crippen LogP contribution < -0.4 is 15.4 Å². The molecular weight excluding hydrogens is 416 g/mol. The monoisotopic (exact) mass is 444 g/mol. The van der Waals surface area contributed by atoms with Crippen LogP contribution in [0.3, 0.4) is 0 Å². The van der Waals surface area contributed by atoms with Crippen molar-refractivity contribution in [3.05, 3.63) is 72.4 Å². The molecular formula is C25H28N6O2. The lowest BCUT2D eigenvalue weighted by Gasteiger charge is -2.10. The number of anilines is 2. The molecule has 170 valence electrons. The fraction of sp³-hybridized carbons (Fsp3) is 0.240. The first-order valence-electron chi connectivity index (χ1n) is 10.8. The summed E-state index contributed by atoms with van der Waals surface area (Å²) in [6, 6.07) is 19.1. The van der Waals surface area contributed by atoms with Crippen molar-refractivity contribution in [2.45, 2.75) is 6.42 Å². The van der Waals surface area contributed by atoms with Crippen LogP contribution in [-0.2, 0) is 0 Å². The van der Waals surface area contributed by atoms with Crippen molar-refractivity contribution in [3.63, 3.8) is 0 Å². The van der Waals surface area contributed by atoms with E-state index in [0.29, 0.717) is 18.1 Å². The standard InChI is InChI=1S/C25H28N6O2/c1-30(2)15-6-14-26-24(32)19-7-4-8-20(17-19)27-25-28-23-22(9-5-16-31(23)29-25)18-10-12-21(33-3)13-11-18/h4-5,7-13,16-17H,6,14-15H2,1-3H3,(H,26,32)(H,27,29). The molecule has 0 unspecified atom stereocenters. The van der Waals surface area contributed by atoms with Gasteiger partial charge in [-0.15, -0.1) is 5.10 Å². The van der Waals surface area contributed by atoms with E-state index in [0.717, 1.165) is 41.2 Å². The number of hydrogen-bond acceptors (Lipinski definition) is 6. The Hall–Kier alpha value is -3.91. The van der Waals surface area contributed by atoms with Crippen LogP contribution in [0.2, 0.25) is 0 Å². The van der Waals surface area contributed by atoms with Crippen molar-refractivity contribution < 1.29 is 9.53 Å². The van der Waals surface area contributed by atoms with Crippen molar-refractivity contribution >= 4 is 23.2 Å². The Kier molecular flexibility index (Phi) is 6.85. The van der Waals surface area contributed by atoms with E-state index in [-0.39, 0.29) is 5.91 Å². The number of hydrogen-bond donors (Lipinski definition) is 2. The highest BCUT2D eigenvalue weighted by Crippen LogP contribution is 2.26. The molecule has 0 aliphatic heterocycles. The van der Waals surface area contributed by atoms with Gasteiger partial charge in [0, 0.05) is 29.6 Å². The molecule has 4 aromatic rings. The molecule has 0 spiro atoms. The Balaban J connectivity index is 1.50. The molecule has 2 N–H and O–H groups in total. The van der Waals surface area contributed by atoms with Gasteiger partial charge in [-0.25, -0.2) is 4.52 Å². The van der Waals surface area contributed by atoms with E-state index in [9.17, 15) is 4.79 Å². The van der Waals surface area contributed by atoms with Crippen LogP contribution in [0.5, 0.6) is 5.75 Å². The molecule has 0 saturated heterocycles. The van der Waals surface area contributed by atoms with Crippen LogP contribution >= 0.6 is 0 Å². The van der Waals surface area contributed by atoms with Crippen LogP contribution in [0.4, 0.5) is 11.6 Å². The lowest BCUT2D eigenvalue weighted by Crippen LogP contribution is -2.27. The molecule has 0 aliphatic rings. The van der Waals surface area contributed by atoms with Gasteiger partial charge in [0.25, 0.3) is 5.91 Å². The molecule has 33 heavy (non-hydrogen) atoms. The zero-order chi connectivity index (χ0) is 23.2. The third-order valence-electron chi connectivity index (χ3n) is 5.21. The quantitative estimate of drug-likeness (QED) is 0.382. The van der Waals surface area contributed by atoms with E-state index in [1.54, 1.807) is 23.8 Å². The molecule has 0 bridgehead atoms. The Bertz CT molecular complexity index is 1230. The number of ether oxygens (including phenoxy) is 1. The van der Waals surface area contributed by atoms with Gasteiger partial charge in [0.2, 0.25) is 5.95 Å². The minimum Gasteiger partial charge on any atom is -0.497 e. The molecule has 8 nitrogen and oxygen atoms in total. The zero-order valence-electron chi connectivity index (χ0n) is 19.1. The molecule has 2 aromatic heterocycles. The average Bonchev–Trinajstić information content (AvgIpc) is 3.24. The third kappa shape index (κ3) is 5.48. The van der Waals surface area contributed by atoms with Crippen LogP contribution in [-0.4, -0.2) is 59.7 Å². The average molecular weight is 445 g/mol. The lowest BCUT2D eigenvalue weighted by molar-refractivity contribution is 0.0952. The van der Waals surface area contributed by atoms with Crippen molar-refractivity contribution in [2.75, 3.05) is 39.6 Å². The number of amides is 1. The Morgan fingerprint density at radius 2 is 1.91 bits per heavy atom. The second-order valence-corrected chi connectivity index (χ2v) is 7.97. The predicted molar refractivity (Wildman–Crippen MR) is 130 cm³/mol. The Morgan fingerprint density at radius 1 is 1.09 bits per heavy atom. The summed E-state index contributed by atoms with van der Waals surface area (Å²) in [5, 5.41) is 10.7. The first-order chi connectivity index (χ1) is 16.0. The van der Waals surface area contributed by atoms with Gasteiger partial charge in [0.15, 0.2) is 5.65 Å². The molecule has 0 radical (unpaired) electrons. The van der Waals surface area contributed by atoms with E-state index in [1.165, 1.54) is 0 Å². The largest absolute Gasteiger partial charge is 0.497 e. The predicted octanol–water partition coefficient (Wildman–Crippen LogP) is 3.83. The number of rotatable bonds is 9. The summed E-state index contributed by atoms with van der Waals surface area (Å²) in [7, 11) is 5.69. The molecule has 0 saturated carbocycles. The number of carbonyl (C=O) groups is 1. The maximum atomic E-state index is 12.5. The fourth-order valence-electron chi connectivity index (χ4n) is 3.52. The normalized spacial score (nSPS) is 11.0. The van der Waals surface area contributed by atoms with Crippen molar-refractivity contribution in [2.24, 2.45) is 0 Å². The number of aromatic nitrogens is 3. The molecule has 0 fully saturated rings. The van der Waals surface area contributed by atoms with Crippen LogP contribution in [0, 0.1) is 0 Å². The summed E-state index contributed by atoms with van der Waals surface area (Å²) in [6.45, 7) is 1.57. The second-order valence-electron chi connectivity index (χ2n) is 7.97. The van der Waals surface area contributed by atoms with Crippen molar-refractivity contribution in [1.29, 1.82) is 0 Å². The number of nitrogens with one attached hydrogen (secondary N) is 2. The maximum Gasteiger partial charge on any atom is 0.251 e. The Morgan fingerprint density at radius 3 is 2.67 bits per heavy atom. The molecule has 2 aromatic carbocycles.